The Labute approximate surface area is 81.2 Å². The molecule has 4 N–H and O–H groups in total. The van der Waals surface area contributed by atoms with Gasteiger partial charge < -0.3 is 14.4 Å². The molecule has 6 nitrogen and oxygen atoms in total. The second kappa shape index (κ2) is 3.42. The molecule has 78 valence electrons. The summed E-state index contributed by atoms with van der Waals surface area (Å²) in [5.41, 5.74) is 0. The van der Waals surface area contributed by atoms with Crippen LogP contribution in [0.5, 0.6) is 0 Å². The van der Waals surface area contributed by atoms with Gasteiger partial charge in [0.25, 0.3) is 10.1 Å². The molecule has 0 fully saturated rings. The van der Waals surface area contributed by atoms with Gasteiger partial charge in [0.15, 0.2) is 0 Å². The van der Waals surface area contributed by atoms with E-state index in [0.29, 0.717) is 0 Å². The Morgan fingerprint density at radius 3 is 1.93 bits per heavy atom. The average Bonchev–Trinajstić information content (AvgIpc) is 2.01. The molecule has 0 aliphatic rings. The van der Waals surface area contributed by atoms with Crippen molar-refractivity contribution in [3.05, 3.63) is 24.3 Å². The Bertz CT molecular complexity index is 434. The minimum atomic E-state index is -4.73. The van der Waals surface area contributed by atoms with E-state index in [1.165, 1.54) is 12.1 Å². The molecule has 8 heteroatoms. The van der Waals surface area contributed by atoms with E-state index in [1.807, 2.05) is 0 Å². The molecule has 1 aromatic rings. The topological polar surface area (TPSA) is 115 Å². The first-order valence-corrected chi connectivity index (χ1v) is 6.75. The van der Waals surface area contributed by atoms with Crippen LogP contribution in [0.2, 0.25) is 0 Å². The van der Waals surface area contributed by atoms with Crippen LogP contribution in [0.4, 0.5) is 0 Å². The molecule has 0 radical (unpaired) electrons. The summed E-state index contributed by atoms with van der Waals surface area (Å²) in [5.74, 6) is 0. The summed E-state index contributed by atoms with van der Waals surface area (Å²) in [7, 11) is -9.29. The highest BCUT2D eigenvalue weighted by Gasteiger charge is 2.36. The Morgan fingerprint density at radius 1 is 1.07 bits per heavy atom. The van der Waals surface area contributed by atoms with Crippen LogP contribution >= 0.6 is 0 Å². The maximum Gasteiger partial charge on any atom is 0.530 e. The zero-order valence-corrected chi connectivity index (χ0v) is 8.64. The molecule has 14 heavy (non-hydrogen) atoms. The van der Waals surface area contributed by atoms with Crippen LogP contribution in [-0.2, 0) is 10.1 Å². The Hall–Kier alpha value is -0.773. The molecular formula is C6H8O6SSi. The van der Waals surface area contributed by atoms with Gasteiger partial charge >= 0.3 is 8.80 Å². The van der Waals surface area contributed by atoms with Crippen molar-refractivity contribution in [2.24, 2.45) is 0 Å². The summed E-state index contributed by atoms with van der Waals surface area (Å²) < 4.78 is 30.2. The lowest BCUT2D eigenvalue weighted by Crippen LogP contribution is -2.50. The smallest absolute Gasteiger partial charge is 0.386 e. The van der Waals surface area contributed by atoms with Crippen molar-refractivity contribution in [2.45, 2.75) is 4.90 Å². The molecule has 0 saturated heterocycles. The monoisotopic (exact) mass is 236 g/mol. The third-order valence-electron chi connectivity index (χ3n) is 1.53. The average molecular weight is 236 g/mol. The van der Waals surface area contributed by atoms with Crippen LogP contribution in [0.15, 0.2) is 29.2 Å². The Morgan fingerprint density at radius 2 is 1.57 bits per heavy atom. The molecule has 0 aromatic heterocycles. The predicted octanol–water partition coefficient (Wildman–Crippen LogP) is -1.94. The van der Waals surface area contributed by atoms with E-state index in [0.717, 1.165) is 12.1 Å². The van der Waals surface area contributed by atoms with E-state index in [4.69, 9.17) is 18.9 Å². The zero-order chi connectivity index (χ0) is 11.0. The van der Waals surface area contributed by atoms with Gasteiger partial charge in [-0.15, -0.1) is 0 Å². The normalized spacial score (nSPS) is 12.9. The minimum absolute atomic E-state index is 0.567. The van der Waals surface area contributed by atoms with Gasteiger partial charge in [0.2, 0.25) is 0 Å². The van der Waals surface area contributed by atoms with E-state index < -0.39 is 29.0 Å². The standard InChI is InChI=1S/C6H8O6SSi/c7-13(8,9)5-3-1-2-4-6(5)14(10,11)12/h1-4,10-12H,(H,7,8,9). The second-order valence-corrected chi connectivity index (χ2v) is 5.81. The fraction of sp³-hybridized carbons (Fsp3) is 0. The summed E-state index contributed by atoms with van der Waals surface area (Å²) in [4.78, 5) is 26.0. The first-order valence-electron chi connectivity index (χ1n) is 3.47. The van der Waals surface area contributed by atoms with E-state index in [1.54, 1.807) is 0 Å². The van der Waals surface area contributed by atoms with Crippen molar-refractivity contribution in [1.29, 1.82) is 0 Å². The lowest BCUT2D eigenvalue weighted by Gasteiger charge is -2.12. The van der Waals surface area contributed by atoms with Gasteiger partial charge in [0.05, 0.1) is 0 Å². The summed E-state index contributed by atoms with van der Waals surface area (Å²) in [6, 6.07) is 4.59. The van der Waals surface area contributed by atoms with Crippen molar-refractivity contribution in [2.75, 3.05) is 0 Å². The zero-order valence-electron chi connectivity index (χ0n) is 6.82. The Kier molecular flexibility index (Phi) is 2.76. The molecule has 0 atom stereocenters. The van der Waals surface area contributed by atoms with Crippen LogP contribution in [0, 0.1) is 0 Å². The van der Waals surface area contributed by atoms with Crippen molar-refractivity contribution in [1.82, 2.24) is 0 Å². The lowest BCUT2D eigenvalue weighted by molar-refractivity contribution is 0.248. The molecule has 0 amide bonds. The summed E-state index contributed by atoms with van der Waals surface area (Å²) in [5, 5.41) is -0.567. The highest BCUT2D eigenvalue weighted by Crippen LogP contribution is 2.07. The molecule has 1 rings (SSSR count). The predicted molar refractivity (Wildman–Crippen MR) is 48.3 cm³/mol. The molecule has 1 aromatic carbocycles. The fourth-order valence-corrected chi connectivity index (χ4v) is 3.10. The molecule has 0 spiro atoms. The largest absolute Gasteiger partial charge is 0.530 e. The molecule has 0 aliphatic heterocycles. The fourth-order valence-electron chi connectivity index (χ4n) is 0.969. The van der Waals surface area contributed by atoms with E-state index in [9.17, 15) is 8.42 Å². The first kappa shape index (κ1) is 11.3. The van der Waals surface area contributed by atoms with E-state index in [2.05, 4.69) is 0 Å². The number of hydrogen-bond donors (Lipinski definition) is 4. The molecule has 0 unspecified atom stereocenters. The second-order valence-electron chi connectivity index (χ2n) is 2.61. The molecule has 0 saturated carbocycles. The van der Waals surface area contributed by atoms with Gasteiger partial charge in [-0.05, 0) is 6.07 Å². The third kappa shape index (κ3) is 2.38. The van der Waals surface area contributed by atoms with Gasteiger partial charge in [0.1, 0.15) is 4.90 Å². The molecule has 0 bridgehead atoms. The summed E-state index contributed by atoms with van der Waals surface area (Å²) >= 11 is 0. The maximum atomic E-state index is 10.7. The highest BCUT2D eigenvalue weighted by atomic mass is 32.2. The summed E-state index contributed by atoms with van der Waals surface area (Å²) in [6.07, 6.45) is 0. The molecular weight excluding hydrogens is 228 g/mol. The van der Waals surface area contributed by atoms with E-state index in [-0.39, 0.29) is 0 Å². The third-order valence-corrected chi connectivity index (χ3v) is 3.78. The highest BCUT2D eigenvalue weighted by molar-refractivity contribution is 7.86. The number of hydrogen-bond acceptors (Lipinski definition) is 5. The van der Waals surface area contributed by atoms with Crippen molar-refractivity contribution >= 4 is 24.1 Å². The quantitative estimate of drug-likeness (QED) is 0.351. The van der Waals surface area contributed by atoms with Crippen LogP contribution in [0.1, 0.15) is 0 Å². The minimum Gasteiger partial charge on any atom is -0.386 e. The van der Waals surface area contributed by atoms with Gasteiger partial charge in [-0.2, -0.15) is 8.42 Å². The maximum absolute atomic E-state index is 10.7. The van der Waals surface area contributed by atoms with Crippen molar-refractivity contribution in [3.8, 4) is 0 Å². The van der Waals surface area contributed by atoms with E-state index >= 15 is 0 Å². The van der Waals surface area contributed by atoms with Crippen LogP contribution in [-0.4, -0.2) is 36.2 Å². The number of benzene rings is 1. The van der Waals surface area contributed by atoms with Gasteiger partial charge in [-0.3, -0.25) is 4.55 Å². The van der Waals surface area contributed by atoms with Gasteiger partial charge in [-0.1, -0.05) is 18.2 Å². The van der Waals surface area contributed by atoms with Crippen molar-refractivity contribution < 1.29 is 27.4 Å². The van der Waals surface area contributed by atoms with Crippen molar-refractivity contribution in [3.63, 3.8) is 0 Å². The SMILES string of the molecule is O=S(=O)(O)c1ccccc1[Si](O)(O)O. The van der Waals surface area contributed by atoms with Crippen LogP contribution in [0.25, 0.3) is 0 Å². The first-order chi connectivity index (χ1) is 6.23. The molecule has 0 heterocycles. The van der Waals surface area contributed by atoms with Gasteiger partial charge in [-0.25, -0.2) is 0 Å². The van der Waals surface area contributed by atoms with Crippen LogP contribution in [0.3, 0.4) is 0 Å². The summed E-state index contributed by atoms with van der Waals surface area (Å²) in [6.45, 7) is 0. The molecule has 0 aliphatic carbocycles. The van der Waals surface area contributed by atoms with Crippen LogP contribution < -0.4 is 5.19 Å². The lowest BCUT2D eigenvalue weighted by atomic mass is 10.4. The Balaban J connectivity index is 3.47. The van der Waals surface area contributed by atoms with Gasteiger partial charge in [0, 0.05) is 5.19 Å². The number of rotatable bonds is 2.